The molecular weight excluding hydrogens is 220 g/mol. The SMILES string of the molecule is CCc1ccc2c(c1)[Si]c1cc(CC)ccc1-2. The van der Waals surface area contributed by atoms with Gasteiger partial charge in [-0.25, -0.2) is 0 Å². The third-order valence-corrected chi connectivity index (χ3v) is 4.91. The Hall–Kier alpha value is -1.34. The average Bonchev–Trinajstić information content (AvgIpc) is 2.74. The van der Waals surface area contributed by atoms with Gasteiger partial charge in [0.05, 0.1) is 0 Å². The Morgan fingerprint density at radius 2 is 1.24 bits per heavy atom. The zero-order chi connectivity index (χ0) is 11.8. The van der Waals surface area contributed by atoms with Crippen molar-refractivity contribution in [1.29, 1.82) is 0 Å². The summed E-state index contributed by atoms with van der Waals surface area (Å²) >= 11 is 0. The standard InChI is InChI=1S/C16H16Si/c1-3-11-5-7-13-14-8-6-12(4-2)10-16(14)17-15(13)9-11/h5-10H,3-4H2,1-2H3. The zero-order valence-corrected chi connectivity index (χ0v) is 11.4. The molecule has 0 nitrogen and oxygen atoms in total. The fourth-order valence-electron chi connectivity index (χ4n) is 2.44. The molecule has 0 spiro atoms. The molecule has 84 valence electrons. The van der Waals surface area contributed by atoms with Crippen LogP contribution in [-0.2, 0) is 12.8 Å². The largest absolute Gasteiger partial charge is 0.123 e. The maximum atomic E-state index is 2.39. The Morgan fingerprint density at radius 3 is 1.65 bits per heavy atom. The van der Waals surface area contributed by atoms with Crippen molar-refractivity contribution in [1.82, 2.24) is 0 Å². The second kappa shape index (κ2) is 4.15. The Balaban J connectivity index is 2.10. The lowest BCUT2D eigenvalue weighted by atomic mass is 10.0. The Bertz CT molecular complexity index is 518. The minimum Gasteiger partial charge on any atom is -0.0613 e. The van der Waals surface area contributed by atoms with Gasteiger partial charge in [0.25, 0.3) is 0 Å². The van der Waals surface area contributed by atoms with Crippen molar-refractivity contribution in [2.75, 3.05) is 0 Å². The van der Waals surface area contributed by atoms with Crippen molar-refractivity contribution in [3.8, 4) is 11.1 Å². The van der Waals surface area contributed by atoms with Crippen LogP contribution in [0.25, 0.3) is 11.1 Å². The highest BCUT2D eigenvalue weighted by Crippen LogP contribution is 2.21. The van der Waals surface area contributed by atoms with Crippen molar-refractivity contribution in [2.45, 2.75) is 26.7 Å². The second-order valence-electron chi connectivity index (χ2n) is 4.59. The first kappa shape index (κ1) is 10.8. The Morgan fingerprint density at radius 1 is 0.765 bits per heavy atom. The minimum absolute atomic E-state index is 0.850. The van der Waals surface area contributed by atoms with Gasteiger partial charge in [-0.15, -0.1) is 0 Å². The van der Waals surface area contributed by atoms with Crippen molar-refractivity contribution in [2.24, 2.45) is 0 Å². The first-order chi connectivity index (χ1) is 8.31. The third-order valence-electron chi connectivity index (χ3n) is 3.54. The number of aryl methyl sites for hydroxylation is 2. The van der Waals surface area contributed by atoms with Gasteiger partial charge in [-0.1, -0.05) is 60.6 Å². The van der Waals surface area contributed by atoms with E-state index < -0.39 is 0 Å². The van der Waals surface area contributed by atoms with E-state index in [1.54, 1.807) is 0 Å². The minimum atomic E-state index is 0.850. The van der Waals surface area contributed by atoms with E-state index in [0.717, 1.165) is 22.4 Å². The summed E-state index contributed by atoms with van der Waals surface area (Å²) < 4.78 is 0. The van der Waals surface area contributed by atoms with Crippen LogP contribution in [0.3, 0.4) is 0 Å². The predicted octanol–water partition coefficient (Wildman–Crippen LogP) is 2.45. The topological polar surface area (TPSA) is 0 Å². The van der Waals surface area contributed by atoms with Gasteiger partial charge in [0, 0.05) is 0 Å². The van der Waals surface area contributed by atoms with E-state index in [9.17, 15) is 0 Å². The molecule has 0 amide bonds. The van der Waals surface area contributed by atoms with Crippen molar-refractivity contribution in [3.05, 3.63) is 47.5 Å². The van der Waals surface area contributed by atoms with Crippen LogP contribution < -0.4 is 10.4 Å². The van der Waals surface area contributed by atoms with Crippen LogP contribution in [0.15, 0.2) is 36.4 Å². The molecule has 0 aliphatic carbocycles. The summed E-state index contributed by atoms with van der Waals surface area (Å²) in [7, 11) is 0.850. The van der Waals surface area contributed by atoms with Gasteiger partial charge < -0.3 is 0 Å². The normalized spacial score (nSPS) is 12.4. The average molecular weight is 236 g/mol. The summed E-state index contributed by atoms with van der Waals surface area (Å²) in [5, 5.41) is 3.07. The summed E-state index contributed by atoms with van der Waals surface area (Å²) in [6, 6.07) is 13.9. The Labute approximate surface area is 106 Å². The predicted molar refractivity (Wildman–Crippen MR) is 75.7 cm³/mol. The second-order valence-corrected chi connectivity index (χ2v) is 5.92. The maximum absolute atomic E-state index is 2.39. The number of hydrogen-bond donors (Lipinski definition) is 0. The highest BCUT2D eigenvalue weighted by Gasteiger charge is 2.19. The molecule has 0 fully saturated rings. The molecule has 0 saturated heterocycles. The molecule has 1 heterocycles. The first-order valence-corrected chi connectivity index (χ1v) is 7.35. The van der Waals surface area contributed by atoms with Gasteiger partial charge in [-0.2, -0.15) is 0 Å². The van der Waals surface area contributed by atoms with E-state index in [1.807, 2.05) is 0 Å². The molecule has 1 aliphatic rings. The van der Waals surface area contributed by atoms with Crippen molar-refractivity contribution < 1.29 is 0 Å². The fourth-order valence-corrected chi connectivity index (χ4v) is 3.95. The van der Waals surface area contributed by atoms with Crippen LogP contribution in [-0.4, -0.2) is 9.52 Å². The highest BCUT2D eigenvalue weighted by atomic mass is 28.2. The van der Waals surface area contributed by atoms with E-state index in [1.165, 1.54) is 32.6 Å². The van der Waals surface area contributed by atoms with Gasteiger partial charge in [0.1, 0.15) is 9.52 Å². The van der Waals surface area contributed by atoms with Crippen molar-refractivity contribution in [3.63, 3.8) is 0 Å². The molecule has 17 heavy (non-hydrogen) atoms. The van der Waals surface area contributed by atoms with E-state index in [4.69, 9.17) is 0 Å². The van der Waals surface area contributed by atoms with Crippen LogP contribution in [0, 0.1) is 0 Å². The first-order valence-electron chi connectivity index (χ1n) is 6.35. The number of hydrogen-bond acceptors (Lipinski definition) is 0. The molecule has 0 atom stereocenters. The fraction of sp³-hybridized carbons (Fsp3) is 0.250. The summed E-state index contributed by atoms with van der Waals surface area (Å²) in [6.45, 7) is 4.45. The molecule has 0 N–H and O–H groups in total. The number of fused-ring (bicyclic) bond motifs is 3. The van der Waals surface area contributed by atoms with Crippen LogP contribution in [0.4, 0.5) is 0 Å². The van der Waals surface area contributed by atoms with E-state index in [0.29, 0.717) is 0 Å². The monoisotopic (exact) mass is 236 g/mol. The lowest BCUT2D eigenvalue weighted by molar-refractivity contribution is 1.14. The third kappa shape index (κ3) is 1.75. The zero-order valence-electron chi connectivity index (χ0n) is 10.4. The molecule has 0 bridgehead atoms. The van der Waals surface area contributed by atoms with Crippen LogP contribution in [0.5, 0.6) is 0 Å². The molecule has 0 unspecified atom stereocenters. The molecule has 1 aliphatic heterocycles. The molecule has 0 saturated carbocycles. The summed E-state index contributed by atoms with van der Waals surface area (Å²) in [6.07, 6.45) is 2.27. The van der Waals surface area contributed by atoms with Crippen molar-refractivity contribution >= 4 is 19.9 Å². The molecule has 2 aromatic rings. The van der Waals surface area contributed by atoms with Gasteiger partial charge >= 0.3 is 0 Å². The van der Waals surface area contributed by atoms with E-state index in [-0.39, 0.29) is 0 Å². The molecule has 2 radical (unpaired) electrons. The molecular formula is C16H16Si. The smallest absolute Gasteiger partial charge is 0.0613 e. The van der Waals surface area contributed by atoms with E-state index >= 15 is 0 Å². The number of benzene rings is 2. The quantitative estimate of drug-likeness (QED) is 0.600. The molecule has 3 rings (SSSR count). The highest BCUT2D eigenvalue weighted by molar-refractivity contribution is 6.73. The summed E-state index contributed by atoms with van der Waals surface area (Å²) in [5.41, 5.74) is 5.83. The molecule has 2 aromatic carbocycles. The summed E-state index contributed by atoms with van der Waals surface area (Å²) in [5.74, 6) is 0. The lowest BCUT2D eigenvalue weighted by Gasteiger charge is -2.04. The van der Waals surface area contributed by atoms with Crippen LogP contribution in [0.2, 0.25) is 0 Å². The van der Waals surface area contributed by atoms with Crippen LogP contribution >= 0.6 is 0 Å². The number of rotatable bonds is 2. The molecule has 1 heteroatoms. The molecule has 0 aromatic heterocycles. The van der Waals surface area contributed by atoms with Gasteiger partial charge in [-0.3, -0.25) is 0 Å². The van der Waals surface area contributed by atoms with Gasteiger partial charge in [0.15, 0.2) is 0 Å². The summed E-state index contributed by atoms with van der Waals surface area (Å²) in [4.78, 5) is 0. The van der Waals surface area contributed by atoms with E-state index in [2.05, 4.69) is 50.2 Å². The Kier molecular flexibility index (Phi) is 2.64. The van der Waals surface area contributed by atoms with Gasteiger partial charge in [0.2, 0.25) is 0 Å². The van der Waals surface area contributed by atoms with Crippen LogP contribution in [0.1, 0.15) is 25.0 Å². The van der Waals surface area contributed by atoms with Gasteiger partial charge in [-0.05, 0) is 35.1 Å². The lowest BCUT2D eigenvalue weighted by Crippen LogP contribution is -2.21. The maximum Gasteiger partial charge on any atom is 0.123 e.